The van der Waals surface area contributed by atoms with E-state index in [0.29, 0.717) is 18.9 Å². The zero-order valence-electron chi connectivity index (χ0n) is 12.0. The van der Waals surface area contributed by atoms with Crippen LogP contribution in [0.1, 0.15) is 55.6 Å². The first kappa shape index (κ1) is 14.8. The Kier molecular flexibility index (Phi) is 4.43. The molecule has 0 spiro atoms. The first-order chi connectivity index (χ1) is 10.1. The van der Waals surface area contributed by atoms with Gasteiger partial charge in [-0.25, -0.2) is 0 Å². The van der Waals surface area contributed by atoms with Crippen molar-refractivity contribution in [2.24, 2.45) is 0 Å². The molecule has 0 aliphatic heterocycles. The summed E-state index contributed by atoms with van der Waals surface area (Å²) in [5.74, 6) is -0.136. The van der Waals surface area contributed by atoms with Gasteiger partial charge in [-0.15, -0.1) is 0 Å². The molecule has 1 aromatic carbocycles. The zero-order valence-corrected chi connectivity index (χ0v) is 13.6. The number of carbonyl (C=O) groups excluding carboxylic acids is 2. The Bertz CT molecular complexity index is 564. The maximum absolute atomic E-state index is 12.6. The molecule has 21 heavy (non-hydrogen) atoms. The first-order valence-corrected chi connectivity index (χ1v) is 8.53. The van der Waals surface area contributed by atoms with Crippen LogP contribution in [0.5, 0.6) is 0 Å². The number of nitrogens with one attached hydrogen (secondary N) is 1. The Labute approximate surface area is 133 Å². The van der Waals surface area contributed by atoms with Gasteiger partial charge >= 0.3 is 0 Å². The molecule has 3 nitrogen and oxygen atoms in total. The fraction of sp³-hybridized carbons (Fsp3) is 0.529. The van der Waals surface area contributed by atoms with E-state index in [0.717, 1.165) is 28.4 Å². The molecule has 1 N–H and O–H groups in total. The van der Waals surface area contributed by atoms with Gasteiger partial charge < -0.3 is 5.32 Å². The van der Waals surface area contributed by atoms with Crippen LogP contribution in [-0.2, 0) is 16.0 Å². The second kappa shape index (κ2) is 6.30. The molecule has 1 amide bonds. The molecule has 1 aromatic rings. The van der Waals surface area contributed by atoms with Crippen molar-refractivity contribution in [1.29, 1.82) is 0 Å². The second-order valence-corrected chi connectivity index (χ2v) is 7.07. The summed E-state index contributed by atoms with van der Waals surface area (Å²) in [7, 11) is 0. The van der Waals surface area contributed by atoms with Crippen LogP contribution in [0.2, 0.25) is 0 Å². The monoisotopic (exact) mass is 349 g/mol. The predicted molar refractivity (Wildman–Crippen MR) is 85.2 cm³/mol. The van der Waals surface area contributed by atoms with Crippen LogP contribution in [0.25, 0.3) is 0 Å². The van der Waals surface area contributed by atoms with Crippen molar-refractivity contribution < 1.29 is 9.59 Å². The highest BCUT2D eigenvalue weighted by atomic mass is 79.9. The lowest BCUT2D eigenvalue weighted by Crippen LogP contribution is -2.41. The predicted octanol–water partition coefficient (Wildman–Crippen LogP) is 3.50. The van der Waals surface area contributed by atoms with Crippen LogP contribution in [0.4, 0.5) is 0 Å². The molecular weight excluding hydrogens is 330 g/mol. The summed E-state index contributed by atoms with van der Waals surface area (Å²) in [4.78, 5) is 24.5. The maximum atomic E-state index is 12.6. The molecule has 1 unspecified atom stereocenters. The Balaban J connectivity index is 1.79. The van der Waals surface area contributed by atoms with Crippen molar-refractivity contribution in [3.63, 3.8) is 0 Å². The summed E-state index contributed by atoms with van der Waals surface area (Å²) >= 11 is 3.46. The normalized spacial score (nSPS) is 22.7. The van der Waals surface area contributed by atoms with Gasteiger partial charge in [0.1, 0.15) is 5.78 Å². The van der Waals surface area contributed by atoms with Gasteiger partial charge in [-0.1, -0.05) is 41.3 Å². The van der Waals surface area contributed by atoms with Gasteiger partial charge in [-0.2, -0.15) is 0 Å². The van der Waals surface area contributed by atoms with Gasteiger partial charge in [0.25, 0.3) is 0 Å². The van der Waals surface area contributed by atoms with Crippen LogP contribution >= 0.6 is 15.9 Å². The summed E-state index contributed by atoms with van der Waals surface area (Å²) in [6.07, 6.45) is 6.57. The number of benzene rings is 1. The van der Waals surface area contributed by atoms with Gasteiger partial charge in [-0.3, -0.25) is 9.59 Å². The van der Waals surface area contributed by atoms with Gasteiger partial charge in [0.15, 0.2) is 0 Å². The minimum atomic E-state index is -0.319. The lowest BCUT2D eigenvalue weighted by molar-refractivity contribution is -0.128. The maximum Gasteiger partial charge on any atom is 0.228 e. The number of hydrogen-bond acceptors (Lipinski definition) is 2. The van der Waals surface area contributed by atoms with E-state index < -0.39 is 0 Å². The topological polar surface area (TPSA) is 46.2 Å². The highest BCUT2D eigenvalue weighted by molar-refractivity contribution is 9.10. The zero-order chi connectivity index (χ0) is 14.8. The summed E-state index contributed by atoms with van der Waals surface area (Å²) in [6.45, 7) is 0. The van der Waals surface area contributed by atoms with Crippen molar-refractivity contribution >= 4 is 27.6 Å². The molecule has 2 aliphatic carbocycles. The average Bonchev–Trinajstić information content (AvgIpc) is 2.48. The summed E-state index contributed by atoms with van der Waals surface area (Å²) < 4.78 is 0.964. The SMILES string of the molecule is O=C1Cc2ccc(Br)cc2C(C(=O)NC2CCCCC2)C1. The highest BCUT2D eigenvalue weighted by Crippen LogP contribution is 2.32. The van der Waals surface area contributed by atoms with Crippen molar-refractivity contribution in [3.8, 4) is 0 Å². The third kappa shape index (κ3) is 3.37. The van der Waals surface area contributed by atoms with Gasteiger partial charge in [0.05, 0.1) is 5.92 Å². The number of hydrogen-bond donors (Lipinski definition) is 1. The molecular formula is C17H20BrNO2. The number of ketones is 1. The smallest absolute Gasteiger partial charge is 0.228 e. The molecule has 112 valence electrons. The van der Waals surface area contributed by atoms with E-state index in [-0.39, 0.29) is 17.6 Å². The molecule has 0 heterocycles. The molecule has 0 bridgehead atoms. The number of halogens is 1. The van der Waals surface area contributed by atoms with E-state index in [1.165, 1.54) is 19.3 Å². The molecule has 4 heteroatoms. The van der Waals surface area contributed by atoms with Crippen LogP contribution in [0.15, 0.2) is 22.7 Å². The van der Waals surface area contributed by atoms with Crippen molar-refractivity contribution in [1.82, 2.24) is 5.32 Å². The van der Waals surface area contributed by atoms with Crippen molar-refractivity contribution in [2.75, 3.05) is 0 Å². The second-order valence-electron chi connectivity index (χ2n) is 6.16. The molecule has 0 aromatic heterocycles. The standard InChI is InChI=1S/C17H20BrNO2/c18-12-7-6-11-8-14(20)10-16(15(11)9-12)17(21)19-13-4-2-1-3-5-13/h6-7,9,13,16H,1-5,8,10H2,(H,19,21). The van der Waals surface area contributed by atoms with E-state index in [1.807, 2.05) is 18.2 Å². The van der Waals surface area contributed by atoms with Crippen LogP contribution in [0, 0.1) is 0 Å². The van der Waals surface area contributed by atoms with E-state index in [1.54, 1.807) is 0 Å². The molecule has 1 fully saturated rings. The Morgan fingerprint density at radius 2 is 1.95 bits per heavy atom. The molecule has 1 atom stereocenters. The molecule has 1 saturated carbocycles. The highest BCUT2D eigenvalue weighted by Gasteiger charge is 2.31. The van der Waals surface area contributed by atoms with E-state index in [9.17, 15) is 9.59 Å². The molecule has 0 saturated heterocycles. The Hall–Kier alpha value is -1.16. The minimum Gasteiger partial charge on any atom is -0.353 e. The Morgan fingerprint density at radius 1 is 1.19 bits per heavy atom. The molecule has 0 radical (unpaired) electrons. The Morgan fingerprint density at radius 3 is 2.71 bits per heavy atom. The number of rotatable bonds is 2. The van der Waals surface area contributed by atoms with E-state index >= 15 is 0 Å². The number of Topliss-reactive ketones (excluding diaryl/α,β-unsaturated/α-hetero) is 1. The lowest BCUT2D eigenvalue weighted by Gasteiger charge is -2.28. The fourth-order valence-electron chi connectivity index (χ4n) is 3.46. The van der Waals surface area contributed by atoms with E-state index in [4.69, 9.17) is 0 Å². The number of carbonyl (C=O) groups is 2. The quantitative estimate of drug-likeness (QED) is 0.887. The molecule has 2 aliphatic rings. The molecule has 3 rings (SSSR count). The third-order valence-electron chi connectivity index (χ3n) is 4.57. The van der Waals surface area contributed by atoms with Crippen LogP contribution in [0.3, 0.4) is 0 Å². The number of fused-ring (bicyclic) bond motifs is 1. The van der Waals surface area contributed by atoms with Gasteiger partial charge in [0, 0.05) is 23.4 Å². The summed E-state index contributed by atoms with van der Waals surface area (Å²) in [5, 5.41) is 3.16. The lowest BCUT2D eigenvalue weighted by atomic mass is 9.81. The van der Waals surface area contributed by atoms with Crippen LogP contribution in [-0.4, -0.2) is 17.7 Å². The summed E-state index contributed by atoms with van der Waals surface area (Å²) in [6, 6.07) is 6.18. The summed E-state index contributed by atoms with van der Waals surface area (Å²) in [5.41, 5.74) is 2.01. The van der Waals surface area contributed by atoms with Gasteiger partial charge in [0.2, 0.25) is 5.91 Å². The largest absolute Gasteiger partial charge is 0.353 e. The van der Waals surface area contributed by atoms with E-state index in [2.05, 4.69) is 21.2 Å². The van der Waals surface area contributed by atoms with Crippen LogP contribution < -0.4 is 5.32 Å². The number of amides is 1. The fourth-order valence-corrected chi connectivity index (χ4v) is 3.83. The first-order valence-electron chi connectivity index (χ1n) is 7.74. The minimum absolute atomic E-state index is 0.0225. The van der Waals surface area contributed by atoms with Crippen molar-refractivity contribution in [3.05, 3.63) is 33.8 Å². The van der Waals surface area contributed by atoms with Crippen molar-refractivity contribution in [2.45, 2.75) is 56.9 Å². The third-order valence-corrected chi connectivity index (χ3v) is 5.06. The van der Waals surface area contributed by atoms with Gasteiger partial charge in [-0.05, 0) is 36.1 Å². The average molecular weight is 350 g/mol.